The third kappa shape index (κ3) is 3.78. The van der Waals surface area contributed by atoms with Crippen LogP contribution in [0, 0.1) is 5.41 Å². The fourth-order valence-corrected chi connectivity index (χ4v) is 4.17. The predicted octanol–water partition coefficient (Wildman–Crippen LogP) is 4.89. The van der Waals surface area contributed by atoms with Crippen LogP contribution >= 0.6 is 12.4 Å². The van der Waals surface area contributed by atoms with Crippen molar-refractivity contribution in [2.45, 2.75) is 77.2 Å². The quantitative estimate of drug-likeness (QED) is 0.644. The second-order valence-corrected chi connectivity index (χ2v) is 9.70. The Labute approximate surface area is 176 Å². The predicted molar refractivity (Wildman–Crippen MR) is 112 cm³/mol. The lowest BCUT2D eigenvalue weighted by Crippen LogP contribution is -2.34. The highest BCUT2D eigenvalue weighted by atomic mass is 35.5. The minimum atomic E-state index is -0.476. The number of pyridine rings is 1. The summed E-state index contributed by atoms with van der Waals surface area (Å²) in [4.78, 5) is 9.45. The number of hydrogen-bond donors (Lipinski definition) is 1. The van der Waals surface area contributed by atoms with Crippen LogP contribution in [0.5, 0.6) is 0 Å². The Morgan fingerprint density at radius 3 is 2.48 bits per heavy atom. The first-order valence-corrected chi connectivity index (χ1v) is 10.3. The summed E-state index contributed by atoms with van der Waals surface area (Å²) in [5.74, 6) is 1.57. The van der Waals surface area contributed by atoms with Crippen LogP contribution in [0.1, 0.15) is 82.4 Å². The van der Waals surface area contributed by atoms with Crippen molar-refractivity contribution in [3.05, 3.63) is 23.3 Å². The molecule has 3 aromatic heterocycles. The number of hydrogen-bond acceptors (Lipinski definition) is 7. The molecule has 8 heteroatoms. The summed E-state index contributed by atoms with van der Waals surface area (Å²) in [7, 11) is 0. The number of rotatable bonds is 4. The van der Waals surface area contributed by atoms with E-state index in [4.69, 9.17) is 24.7 Å². The summed E-state index contributed by atoms with van der Waals surface area (Å²) in [6.45, 7) is 6.55. The van der Waals surface area contributed by atoms with Gasteiger partial charge in [0.15, 0.2) is 5.82 Å². The zero-order valence-electron chi connectivity index (χ0n) is 17.2. The van der Waals surface area contributed by atoms with Crippen LogP contribution < -0.4 is 5.73 Å². The molecule has 2 aliphatic rings. The lowest BCUT2D eigenvalue weighted by Gasteiger charge is -2.17. The second kappa shape index (κ2) is 7.06. The van der Waals surface area contributed by atoms with E-state index in [2.05, 4.69) is 37.2 Å². The van der Waals surface area contributed by atoms with Crippen molar-refractivity contribution < 1.29 is 9.05 Å². The monoisotopic (exact) mass is 417 g/mol. The fraction of sp³-hybridized carbons (Fsp3) is 0.619. The Morgan fingerprint density at radius 1 is 1.10 bits per heavy atom. The third-order valence-electron chi connectivity index (χ3n) is 5.83. The van der Waals surface area contributed by atoms with Gasteiger partial charge in [-0.15, -0.1) is 12.4 Å². The molecule has 29 heavy (non-hydrogen) atoms. The molecule has 5 rings (SSSR count). The lowest BCUT2D eigenvalue weighted by atomic mass is 9.89. The number of aromatic nitrogens is 4. The van der Waals surface area contributed by atoms with Crippen molar-refractivity contribution in [2.24, 2.45) is 11.1 Å². The van der Waals surface area contributed by atoms with E-state index in [9.17, 15) is 0 Å². The number of nitrogens with zero attached hydrogens (tertiary/aromatic N) is 4. The molecular weight excluding hydrogens is 390 g/mol. The maximum Gasteiger partial charge on any atom is 0.259 e. The van der Waals surface area contributed by atoms with Crippen LogP contribution in [0.4, 0.5) is 0 Å². The molecule has 7 nitrogen and oxygen atoms in total. The molecule has 0 bridgehead atoms. The molecule has 0 aliphatic heterocycles. The van der Waals surface area contributed by atoms with Crippen molar-refractivity contribution >= 4 is 23.5 Å². The van der Waals surface area contributed by atoms with E-state index in [-0.39, 0.29) is 17.8 Å². The van der Waals surface area contributed by atoms with E-state index in [1.165, 1.54) is 0 Å². The van der Waals surface area contributed by atoms with Crippen molar-refractivity contribution in [1.82, 2.24) is 20.3 Å². The zero-order valence-corrected chi connectivity index (χ0v) is 18.0. The Balaban J connectivity index is 0.00000205. The van der Waals surface area contributed by atoms with Gasteiger partial charge in [-0.25, -0.2) is 4.98 Å². The van der Waals surface area contributed by atoms with Gasteiger partial charge in [0.25, 0.3) is 11.6 Å². The minimum absolute atomic E-state index is 0. The molecule has 156 valence electrons. The average Bonchev–Trinajstić information content (AvgIpc) is 3.03. The van der Waals surface area contributed by atoms with Gasteiger partial charge < -0.3 is 14.8 Å². The first-order chi connectivity index (χ1) is 13.3. The van der Waals surface area contributed by atoms with Gasteiger partial charge in [-0.05, 0) is 43.6 Å². The molecule has 0 aromatic carbocycles. The van der Waals surface area contributed by atoms with Crippen LogP contribution in [0.15, 0.2) is 15.1 Å². The van der Waals surface area contributed by atoms with E-state index in [0.29, 0.717) is 23.3 Å². The SMILES string of the molecule is CC(C)(C)Cc1noc2nc(C3CC3)cc(-c3nc(C4(N)CCCC4)no3)c12.Cl. The van der Waals surface area contributed by atoms with Crippen LogP contribution in [0.25, 0.3) is 22.6 Å². The molecule has 3 heterocycles. The Kier molecular flexibility index (Phi) is 4.94. The van der Waals surface area contributed by atoms with Gasteiger partial charge in [-0.1, -0.05) is 43.9 Å². The largest absolute Gasteiger partial charge is 0.336 e. The van der Waals surface area contributed by atoms with Crippen LogP contribution in [-0.2, 0) is 12.0 Å². The van der Waals surface area contributed by atoms with E-state index >= 15 is 0 Å². The molecule has 0 spiro atoms. The highest BCUT2D eigenvalue weighted by Gasteiger charge is 2.37. The highest BCUT2D eigenvalue weighted by Crippen LogP contribution is 2.43. The minimum Gasteiger partial charge on any atom is -0.336 e. The normalized spacial score (nSPS) is 18.9. The van der Waals surface area contributed by atoms with Crippen molar-refractivity contribution in [2.75, 3.05) is 0 Å². The Bertz CT molecular complexity index is 1030. The van der Waals surface area contributed by atoms with Crippen molar-refractivity contribution in [1.29, 1.82) is 0 Å². The Morgan fingerprint density at radius 2 is 1.83 bits per heavy atom. The van der Waals surface area contributed by atoms with E-state index in [1.807, 2.05) is 0 Å². The molecule has 2 aliphatic carbocycles. The molecular formula is C21H28ClN5O2. The third-order valence-corrected chi connectivity index (χ3v) is 5.83. The summed E-state index contributed by atoms with van der Waals surface area (Å²) >= 11 is 0. The van der Waals surface area contributed by atoms with E-state index < -0.39 is 5.54 Å². The number of fused-ring (bicyclic) bond motifs is 1. The van der Waals surface area contributed by atoms with E-state index in [0.717, 1.165) is 67.3 Å². The standard InChI is InChI=1S/C21H27N5O2.ClH/c1-20(2,3)11-15-16-13(10-14(12-6-7-12)23-18(16)28-25-15)17-24-19(26-27-17)21(22)8-4-5-9-21;/h10,12H,4-9,11,22H2,1-3H3;1H. The second-order valence-electron chi connectivity index (χ2n) is 9.70. The molecule has 2 fully saturated rings. The topological polar surface area (TPSA) is 104 Å². The molecule has 0 unspecified atom stereocenters. The summed E-state index contributed by atoms with van der Waals surface area (Å²) in [6.07, 6.45) is 7.09. The van der Waals surface area contributed by atoms with Gasteiger partial charge in [0.1, 0.15) is 0 Å². The Hall–Kier alpha value is -1.99. The van der Waals surface area contributed by atoms with Crippen LogP contribution in [0.2, 0.25) is 0 Å². The average molecular weight is 418 g/mol. The molecule has 2 saturated carbocycles. The van der Waals surface area contributed by atoms with Gasteiger partial charge in [0.2, 0.25) is 0 Å². The van der Waals surface area contributed by atoms with Crippen LogP contribution in [-0.4, -0.2) is 20.3 Å². The number of halogens is 1. The van der Waals surface area contributed by atoms with Gasteiger partial charge in [0, 0.05) is 11.6 Å². The number of nitrogens with two attached hydrogens (primary N) is 1. The summed E-state index contributed by atoms with van der Waals surface area (Å²) < 4.78 is 11.3. The molecule has 3 aromatic rings. The fourth-order valence-electron chi connectivity index (χ4n) is 4.17. The van der Waals surface area contributed by atoms with Gasteiger partial charge in [-0.2, -0.15) is 4.98 Å². The van der Waals surface area contributed by atoms with E-state index in [1.54, 1.807) is 0 Å². The lowest BCUT2D eigenvalue weighted by molar-refractivity contribution is 0.372. The van der Waals surface area contributed by atoms with Gasteiger partial charge in [-0.3, -0.25) is 0 Å². The molecule has 0 amide bonds. The van der Waals surface area contributed by atoms with Crippen molar-refractivity contribution in [3.8, 4) is 11.5 Å². The van der Waals surface area contributed by atoms with Crippen LogP contribution in [0.3, 0.4) is 0 Å². The summed E-state index contributed by atoms with van der Waals surface area (Å²) in [6, 6.07) is 2.08. The van der Waals surface area contributed by atoms with Crippen molar-refractivity contribution in [3.63, 3.8) is 0 Å². The molecule has 0 saturated heterocycles. The first-order valence-electron chi connectivity index (χ1n) is 10.3. The summed E-state index contributed by atoms with van der Waals surface area (Å²) in [5, 5.41) is 9.46. The molecule has 0 atom stereocenters. The smallest absolute Gasteiger partial charge is 0.259 e. The molecule has 2 N–H and O–H groups in total. The van der Waals surface area contributed by atoms with Gasteiger partial charge in [0.05, 0.1) is 22.2 Å². The van der Waals surface area contributed by atoms with Gasteiger partial charge >= 0.3 is 0 Å². The maximum atomic E-state index is 6.54. The zero-order chi connectivity index (χ0) is 19.5. The first kappa shape index (κ1) is 20.3. The highest BCUT2D eigenvalue weighted by molar-refractivity contribution is 5.91. The summed E-state index contributed by atoms with van der Waals surface area (Å²) in [5.41, 5.74) is 9.46. The molecule has 0 radical (unpaired) electrons. The maximum absolute atomic E-state index is 6.54.